The summed E-state index contributed by atoms with van der Waals surface area (Å²) in [6, 6.07) is 58.7. The summed E-state index contributed by atoms with van der Waals surface area (Å²) >= 11 is 0. The molecule has 1 aliphatic heterocycles. The molecule has 1 heterocycles. The van der Waals surface area contributed by atoms with Gasteiger partial charge in [-0.25, -0.2) is 0 Å². The Balaban J connectivity index is 1.09. The van der Waals surface area contributed by atoms with Gasteiger partial charge in [-0.2, -0.15) is 0 Å². The van der Waals surface area contributed by atoms with E-state index in [0.717, 1.165) is 48.3 Å². The van der Waals surface area contributed by atoms with Gasteiger partial charge in [0.2, 0.25) is 0 Å². The minimum Gasteiger partial charge on any atom is -0.493 e. The fourth-order valence-electron chi connectivity index (χ4n) is 8.85. The molecular weight excluding hydrogens is 717 g/mol. The van der Waals surface area contributed by atoms with Crippen LogP contribution in [0.1, 0.15) is 69.9 Å². The van der Waals surface area contributed by atoms with E-state index in [4.69, 9.17) is 9.47 Å². The van der Waals surface area contributed by atoms with Crippen LogP contribution in [0.25, 0.3) is 77.2 Å². The van der Waals surface area contributed by atoms with Crippen LogP contribution in [0.2, 0.25) is 0 Å². The van der Waals surface area contributed by atoms with Crippen LogP contribution in [0.5, 0.6) is 11.5 Å². The molecular formula is C57H54O2. The molecule has 0 aromatic heterocycles. The molecule has 8 aromatic carbocycles. The maximum atomic E-state index is 6.71. The maximum absolute atomic E-state index is 6.71. The predicted octanol–water partition coefficient (Wildman–Crippen LogP) is 16.0. The average molecular weight is 771 g/mol. The second-order valence-corrected chi connectivity index (χ2v) is 16.3. The van der Waals surface area contributed by atoms with Gasteiger partial charge in [-0.3, -0.25) is 0 Å². The molecule has 0 unspecified atom stereocenters. The number of ether oxygens (including phenoxy) is 2. The summed E-state index contributed by atoms with van der Waals surface area (Å²) in [6.45, 7) is 5.87. The van der Waals surface area contributed by atoms with Crippen LogP contribution < -0.4 is 9.47 Å². The van der Waals surface area contributed by atoms with Gasteiger partial charge in [-0.05, 0) is 127 Å². The minimum absolute atomic E-state index is 0.703. The normalized spacial score (nSPS) is 13.3. The quantitative estimate of drug-likeness (QED) is 0.153. The fraction of sp³-hybridized carbons (Fsp3) is 0.228. The SMILES string of the molecule is CCCc1ccc(-c2ccc(-c3ccc4c5c(ccc4c3)OCCCCCCCOc3ccc4cc(-c6ccc(-c7ccc(CCC)cc7)cc6)ccc4c3-5)cc2)cc1. The molecule has 2 nitrogen and oxygen atoms in total. The van der Waals surface area contributed by atoms with Crippen molar-refractivity contribution in [3.8, 4) is 67.1 Å². The van der Waals surface area contributed by atoms with Crippen molar-refractivity contribution < 1.29 is 9.47 Å². The summed E-state index contributed by atoms with van der Waals surface area (Å²) in [5, 5.41) is 4.71. The van der Waals surface area contributed by atoms with E-state index in [0.29, 0.717) is 13.2 Å². The van der Waals surface area contributed by atoms with E-state index in [1.807, 2.05) is 0 Å². The maximum Gasteiger partial charge on any atom is 0.127 e. The largest absolute Gasteiger partial charge is 0.493 e. The molecule has 294 valence electrons. The van der Waals surface area contributed by atoms with Crippen LogP contribution in [-0.2, 0) is 12.8 Å². The van der Waals surface area contributed by atoms with Gasteiger partial charge in [0.25, 0.3) is 0 Å². The lowest BCUT2D eigenvalue weighted by molar-refractivity contribution is 0.298. The van der Waals surface area contributed by atoms with Gasteiger partial charge < -0.3 is 9.47 Å². The third-order valence-electron chi connectivity index (χ3n) is 12.1. The first-order valence-electron chi connectivity index (χ1n) is 21.9. The Morgan fingerprint density at radius 3 is 1.03 bits per heavy atom. The number of hydrogen-bond donors (Lipinski definition) is 0. The Kier molecular flexibility index (Phi) is 11.6. The zero-order chi connectivity index (χ0) is 40.0. The van der Waals surface area contributed by atoms with Gasteiger partial charge in [0.15, 0.2) is 0 Å². The van der Waals surface area contributed by atoms with Crippen molar-refractivity contribution in [1.29, 1.82) is 0 Å². The Morgan fingerprint density at radius 1 is 0.339 bits per heavy atom. The Hall–Kier alpha value is -6.12. The van der Waals surface area contributed by atoms with Crippen molar-refractivity contribution in [3.05, 3.63) is 169 Å². The number of benzene rings is 8. The van der Waals surface area contributed by atoms with E-state index in [2.05, 4.69) is 172 Å². The smallest absolute Gasteiger partial charge is 0.127 e. The molecule has 0 amide bonds. The van der Waals surface area contributed by atoms with Gasteiger partial charge in [0, 0.05) is 11.1 Å². The van der Waals surface area contributed by atoms with Crippen LogP contribution in [0, 0.1) is 0 Å². The van der Waals surface area contributed by atoms with Crippen LogP contribution in [-0.4, -0.2) is 13.2 Å². The zero-order valence-corrected chi connectivity index (χ0v) is 34.6. The lowest BCUT2D eigenvalue weighted by Crippen LogP contribution is -2.01. The first kappa shape index (κ1) is 38.4. The van der Waals surface area contributed by atoms with E-state index in [1.54, 1.807) is 0 Å². The van der Waals surface area contributed by atoms with Crippen molar-refractivity contribution in [3.63, 3.8) is 0 Å². The highest BCUT2D eigenvalue weighted by atomic mass is 16.5. The number of rotatable bonds is 8. The van der Waals surface area contributed by atoms with Crippen molar-refractivity contribution in [1.82, 2.24) is 0 Å². The molecule has 0 saturated carbocycles. The third-order valence-corrected chi connectivity index (χ3v) is 12.1. The fourth-order valence-corrected chi connectivity index (χ4v) is 8.85. The minimum atomic E-state index is 0.703. The standard InChI is InChI=1S/C57H54O2/c1-3-10-40-12-16-42(17-13-40)44-20-24-46(25-21-44)48-28-32-52-50(38-48)30-34-54-56(52)57-53-33-29-49(39-51(53)31-35-55(57)59-37-9-7-5-6-8-36-58-54)47-26-22-45(23-27-47)43-18-14-41(11-4-2)15-19-43/h12-35,38-39H,3-11,36-37H2,1-2H3. The van der Waals surface area contributed by atoms with E-state index >= 15 is 0 Å². The second-order valence-electron chi connectivity index (χ2n) is 16.3. The number of hydrogen-bond acceptors (Lipinski definition) is 2. The summed E-state index contributed by atoms with van der Waals surface area (Å²) in [4.78, 5) is 0. The Morgan fingerprint density at radius 2 is 0.661 bits per heavy atom. The summed E-state index contributed by atoms with van der Waals surface area (Å²) < 4.78 is 13.4. The molecule has 0 radical (unpaired) electrons. The van der Waals surface area contributed by atoms with Gasteiger partial charge in [0.1, 0.15) is 11.5 Å². The van der Waals surface area contributed by atoms with Gasteiger partial charge in [-0.15, -0.1) is 0 Å². The summed E-state index contributed by atoms with van der Waals surface area (Å²) in [5.74, 6) is 1.83. The molecule has 59 heavy (non-hydrogen) atoms. The summed E-state index contributed by atoms with van der Waals surface area (Å²) in [6.07, 6.45) is 10.2. The topological polar surface area (TPSA) is 18.5 Å². The molecule has 0 spiro atoms. The molecule has 0 saturated heterocycles. The van der Waals surface area contributed by atoms with Crippen molar-refractivity contribution >= 4 is 21.5 Å². The molecule has 0 bridgehead atoms. The molecule has 0 N–H and O–H groups in total. The molecule has 0 fully saturated rings. The van der Waals surface area contributed by atoms with E-state index in [-0.39, 0.29) is 0 Å². The van der Waals surface area contributed by atoms with Crippen LogP contribution in [0.15, 0.2) is 158 Å². The van der Waals surface area contributed by atoms with Gasteiger partial charge in [-0.1, -0.05) is 179 Å². The highest BCUT2D eigenvalue weighted by Crippen LogP contribution is 2.47. The summed E-state index contributed by atoms with van der Waals surface area (Å²) in [7, 11) is 0. The first-order valence-corrected chi connectivity index (χ1v) is 21.9. The van der Waals surface area contributed by atoms with Crippen LogP contribution >= 0.6 is 0 Å². The van der Waals surface area contributed by atoms with E-state index in [1.165, 1.54) is 109 Å². The molecule has 0 atom stereocenters. The van der Waals surface area contributed by atoms with E-state index < -0.39 is 0 Å². The highest BCUT2D eigenvalue weighted by molar-refractivity contribution is 6.11. The lowest BCUT2D eigenvalue weighted by Gasteiger charge is -2.20. The van der Waals surface area contributed by atoms with E-state index in [9.17, 15) is 0 Å². The lowest BCUT2D eigenvalue weighted by atomic mass is 9.89. The van der Waals surface area contributed by atoms with Crippen molar-refractivity contribution in [2.45, 2.75) is 71.6 Å². The average Bonchev–Trinajstić information content (AvgIpc) is 3.30. The van der Waals surface area contributed by atoms with Crippen molar-refractivity contribution in [2.24, 2.45) is 0 Å². The highest BCUT2D eigenvalue weighted by Gasteiger charge is 2.21. The summed E-state index contributed by atoms with van der Waals surface area (Å²) in [5.41, 5.74) is 14.8. The second kappa shape index (κ2) is 17.8. The zero-order valence-electron chi connectivity index (χ0n) is 34.6. The Bertz CT molecular complexity index is 2480. The van der Waals surface area contributed by atoms with Crippen LogP contribution in [0.4, 0.5) is 0 Å². The van der Waals surface area contributed by atoms with Gasteiger partial charge >= 0.3 is 0 Å². The number of aryl methyl sites for hydroxylation is 2. The molecule has 2 heteroatoms. The molecule has 9 rings (SSSR count). The molecule has 1 aliphatic rings. The van der Waals surface area contributed by atoms with Crippen molar-refractivity contribution in [2.75, 3.05) is 13.2 Å². The predicted molar refractivity (Wildman–Crippen MR) is 251 cm³/mol. The third kappa shape index (κ3) is 8.41. The van der Waals surface area contributed by atoms with Crippen LogP contribution in [0.3, 0.4) is 0 Å². The Labute approximate surface area is 350 Å². The first-order chi connectivity index (χ1) is 29.1. The van der Waals surface area contributed by atoms with Gasteiger partial charge in [0.05, 0.1) is 13.2 Å². The number of fused-ring (bicyclic) bond motifs is 7. The monoisotopic (exact) mass is 770 g/mol. The molecule has 0 aliphatic carbocycles. The molecule has 8 aromatic rings.